The van der Waals surface area contributed by atoms with Crippen molar-refractivity contribution in [1.29, 1.82) is 0 Å². The molecule has 2 aromatic carbocycles. The van der Waals surface area contributed by atoms with Gasteiger partial charge in [-0.15, -0.1) is 0 Å². The van der Waals surface area contributed by atoms with Crippen LogP contribution in [-0.2, 0) is 4.74 Å². The Morgan fingerprint density at radius 2 is 1.73 bits per heavy atom. The van der Waals surface area contributed by atoms with Crippen molar-refractivity contribution in [3.8, 4) is 23.0 Å². The number of primary amides is 1. The van der Waals surface area contributed by atoms with Gasteiger partial charge >= 0.3 is 12.0 Å². The minimum atomic E-state index is -0.621. The molecule has 0 radical (unpaired) electrons. The summed E-state index contributed by atoms with van der Waals surface area (Å²) in [5, 5.41) is 4.08. The summed E-state index contributed by atoms with van der Waals surface area (Å²) in [6.07, 6.45) is 7.53. The van der Waals surface area contributed by atoms with Crippen LogP contribution < -0.4 is 20.5 Å². The van der Waals surface area contributed by atoms with E-state index in [4.69, 9.17) is 19.9 Å². The van der Waals surface area contributed by atoms with Gasteiger partial charge in [-0.25, -0.2) is 9.78 Å². The van der Waals surface area contributed by atoms with Crippen molar-refractivity contribution in [3.63, 3.8) is 0 Å². The lowest BCUT2D eigenvalue weighted by Gasteiger charge is -2.18. The molecular weight excluding hydrogens is 510 g/mol. The molecule has 1 aliphatic rings. The number of aromatic nitrogens is 3. The molecule has 5 rings (SSSR count). The molecule has 0 saturated heterocycles. The predicted octanol–water partition coefficient (Wildman–Crippen LogP) is 5.30. The quantitative estimate of drug-likeness (QED) is 0.284. The molecule has 10 heteroatoms. The summed E-state index contributed by atoms with van der Waals surface area (Å²) < 4.78 is 15.6. The Balaban J connectivity index is 1.65. The maximum atomic E-state index is 12.5. The van der Waals surface area contributed by atoms with Gasteiger partial charge in [0.1, 0.15) is 0 Å². The van der Waals surface area contributed by atoms with Crippen molar-refractivity contribution in [2.45, 2.75) is 38.5 Å². The number of carbonyl (C=O) groups excluding carboxylic acids is 2. The van der Waals surface area contributed by atoms with E-state index in [0.29, 0.717) is 45.2 Å². The smallest absolute Gasteiger partial charge is 0.337 e. The number of nitrogens with zero attached hydrogens (tertiary/aromatic N) is 3. The number of amides is 1. The highest BCUT2D eigenvalue weighted by molar-refractivity contribution is 6.08. The van der Waals surface area contributed by atoms with Crippen molar-refractivity contribution in [1.82, 2.24) is 15.0 Å². The third kappa shape index (κ3) is 5.12. The molecule has 3 N–H and O–H groups in total. The largest absolute Gasteiger partial charge is 0.480 e. The maximum absolute atomic E-state index is 12.5. The topological polar surface area (TPSA) is 139 Å². The number of rotatable bonds is 8. The Morgan fingerprint density at radius 3 is 2.40 bits per heavy atom. The van der Waals surface area contributed by atoms with E-state index in [2.05, 4.69) is 20.3 Å². The highest BCUT2D eigenvalue weighted by Crippen LogP contribution is 2.39. The number of carbonyl (C=O) groups is 2. The lowest BCUT2D eigenvalue weighted by Crippen LogP contribution is -2.14. The van der Waals surface area contributed by atoms with Crippen molar-refractivity contribution < 1.29 is 23.8 Å². The number of fused-ring (bicyclic) bond motifs is 1. The van der Waals surface area contributed by atoms with Crippen molar-refractivity contribution >= 4 is 34.2 Å². The molecule has 1 aliphatic carbocycles. The fourth-order valence-electron chi connectivity index (χ4n) is 5.35. The summed E-state index contributed by atoms with van der Waals surface area (Å²) in [5.74, 6) is -0.320. The van der Waals surface area contributed by atoms with Gasteiger partial charge in [0.2, 0.25) is 5.88 Å². The van der Waals surface area contributed by atoms with Crippen molar-refractivity contribution in [2.24, 2.45) is 5.73 Å². The van der Waals surface area contributed by atoms with Gasteiger partial charge in [0.15, 0.2) is 0 Å². The van der Waals surface area contributed by atoms with E-state index in [1.165, 1.54) is 27.5 Å². The van der Waals surface area contributed by atoms with E-state index in [0.717, 1.165) is 42.4 Å². The standard InChI is InChI=1S/C30H31N5O5/c1-16-9-22-25(13-21(16)23-14-33-30(40-4)35-28(23)38-2)32-15-24(27(31)36)26(22)34-20-11-18(17-7-5-6-8-17)10-19(12-20)29(37)39-3/h9-15,17H,5-8H2,1-4H3,(H2,31,36)(H,32,34). The van der Waals surface area contributed by atoms with Crippen LogP contribution >= 0.6 is 0 Å². The third-order valence-electron chi connectivity index (χ3n) is 7.35. The van der Waals surface area contributed by atoms with E-state index in [-0.39, 0.29) is 11.6 Å². The molecule has 2 aromatic heterocycles. The molecule has 0 aliphatic heterocycles. The summed E-state index contributed by atoms with van der Waals surface area (Å²) in [7, 11) is 4.38. The monoisotopic (exact) mass is 541 g/mol. The van der Waals surface area contributed by atoms with Gasteiger partial charge in [0, 0.05) is 23.5 Å². The molecule has 0 atom stereocenters. The molecule has 2 heterocycles. The summed E-state index contributed by atoms with van der Waals surface area (Å²) in [4.78, 5) is 38.1. The second kappa shape index (κ2) is 11.2. The fourth-order valence-corrected chi connectivity index (χ4v) is 5.35. The number of methoxy groups -OCH3 is 3. The van der Waals surface area contributed by atoms with Crippen molar-refractivity contribution in [2.75, 3.05) is 26.6 Å². The minimum Gasteiger partial charge on any atom is -0.480 e. The van der Waals surface area contributed by atoms with Crippen LogP contribution in [0.4, 0.5) is 11.4 Å². The molecule has 0 unspecified atom stereocenters. The molecule has 1 amide bonds. The average Bonchev–Trinajstić information content (AvgIpc) is 3.51. The Morgan fingerprint density at radius 1 is 0.950 bits per heavy atom. The number of pyridine rings is 1. The zero-order valence-electron chi connectivity index (χ0n) is 22.9. The van der Waals surface area contributed by atoms with Crippen molar-refractivity contribution in [3.05, 3.63) is 65.0 Å². The minimum absolute atomic E-state index is 0.195. The Hall–Kier alpha value is -4.73. The summed E-state index contributed by atoms with van der Waals surface area (Å²) >= 11 is 0. The number of nitrogens with one attached hydrogen (secondary N) is 1. The first-order valence-corrected chi connectivity index (χ1v) is 13.0. The Bertz CT molecular complexity index is 1610. The molecule has 0 bridgehead atoms. The van der Waals surface area contributed by atoms with Crippen LogP contribution in [0.25, 0.3) is 22.0 Å². The van der Waals surface area contributed by atoms with Crippen LogP contribution in [0.5, 0.6) is 11.9 Å². The number of ether oxygens (including phenoxy) is 3. The highest BCUT2D eigenvalue weighted by Gasteiger charge is 2.22. The second-order valence-corrected chi connectivity index (χ2v) is 9.82. The molecule has 40 heavy (non-hydrogen) atoms. The van der Waals surface area contributed by atoms with Gasteiger partial charge in [-0.3, -0.25) is 9.78 Å². The van der Waals surface area contributed by atoms with Crippen LogP contribution in [0.15, 0.2) is 42.7 Å². The van der Waals surface area contributed by atoms with Gasteiger partial charge in [0.25, 0.3) is 5.91 Å². The molecular formula is C30H31N5O5. The first-order chi connectivity index (χ1) is 19.3. The van der Waals surface area contributed by atoms with E-state index < -0.39 is 11.9 Å². The zero-order chi connectivity index (χ0) is 28.4. The number of aryl methyl sites for hydroxylation is 1. The van der Waals surface area contributed by atoms with Gasteiger partial charge in [-0.2, -0.15) is 4.98 Å². The molecule has 1 saturated carbocycles. The van der Waals surface area contributed by atoms with Gasteiger partial charge in [0.05, 0.1) is 49.2 Å². The fraction of sp³-hybridized carbons (Fsp3) is 0.300. The number of nitrogens with two attached hydrogens (primary N) is 1. The molecule has 0 spiro atoms. The van der Waals surface area contributed by atoms with Gasteiger partial charge in [-0.05, 0) is 72.7 Å². The van der Waals surface area contributed by atoms with Crippen LogP contribution in [0.1, 0.15) is 63.4 Å². The predicted molar refractivity (Wildman–Crippen MR) is 151 cm³/mol. The van der Waals surface area contributed by atoms with Crippen LogP contribution in [0.3, 0.4) is 0 Å². The van der Waals surface area contributed by atoms with Gasteiger partial charge in [-0.1, -0.05) is 12.8 Å². The number of anilines is 2. The normalized spacial score (nSPS) is 13.3. The molecule has 10 nitrogen and oxygen atoms in total. The number of hydrogen-bond acceptors (Lipinski definition) is 9. The molecule has 206 valence electrons. The van der Waals surface area contributed by atoms with Gasteiger partial charge < -0.3 is 25.3 Å². The zero-order valence-corrected chi connectivity index (χ0v) is 22.9. The van der Waals surface area contributed by atoms with Crippen LogP contribution in [0, 0.1) is 6.92 Å². The second-order valence-electron chi connectivity index (χ2n) is 9.82. The van der Waals surface area contributed by atoms with E-state index in [1.807, 2.05) is 31.2 Å². The lowest BCUT2D eigenvalue weighted by atomic mass is 9.94. The highest BCUT2D eigenvalue weighted by atomic mass is 16.5. The SMILES string of the molecule is COC(=O)c1cc(Nc2c(C(N)=O)cnc3cc(-c4cnc(OC)nc4OC)c(C)cc23)cc(C2CCCC2)c1. The summed E-state index contributed by atoms with van der Waals surface area (Å²) in [5.41, 5.74) is 11.7. The molecule has 4 aromatic rings. The summed E-state index contributed by atoms with van der Waals surface area (Å²) in [6.45, 7) is 1.94. The number of esters is 1. The maximum Gasteiger partial charge on any atom is 0.337 e. The van der Waals surface area contributed by atoms with Crippen LogP contribution in [0.2, 0.25) is 0 Å². The number of hydrogen-bond donors (Lipinski definition) is 2. The lowest BCUT2D eigenvalue weighted by molar-refractivity contribution is 0.0600. The Labute approximate surface area is 231 Å². The van der Waals surface area contributed by atoms with E-state index in [9.17, 15) is 9.59 Å². The van der Waals surface area contributed by atoms with E-state index >= 15 is 0 Å². The van der Waals surface area contributed by atoms with E-state index in [1.54, 1.807) is 12.3 Å². The third-order valence-corrected chi connectivity index (χ3v) is 7.35. The first-order valence-electron chi connectivity index (χ1n) is 13.0. The summed E-state index contributed by atoms with van der Waals surface area (Å²) in [6, 6.07) is 9.66. The van der Waals surface area contributed by atoms with Crippen LogP contribution in [-0.4, -0.2) is 48.2 Å². The first kappa shape index (κ1) is 26.9. The average molecular weight is 542 g/mol. The number of benzene rings is 2. The Kier molecular flexibility index (Phi) is 7.50. The molecule has 1 fully saturated rings.